The predicted molar refractivity (Wildman–Crippen MR) is 82.2 cm³/mol. The molecule has 0 amide bonds. The molecule has 0 radical (unpaired) electrons. The number of hydrogen-bond donors (Lipinski definition) is 2. The highest BCUT2D eigenvalue weighted by Crippen LogP contribution is 2.61. The van der Waals surface area contributed by atoms with Crippen LogP contribution in [0.1, 0.15) is 55.6 Å². The van der Waals surface area contributed by atoms with Gasteiger partial charge in [-0.25, -0.2) is 0 Å². The summed E-state index contributed by atoms with van der Waals surface area (Å²) >= 11 is 0. The van der Waals surface area contributed by atoms with Crippen molar-refractivity contribution in [2.75, 3.05) is 0 Å². The Kier molecular flexibility index (Phi) is 3.31. The van der Waals surface area contributed by atoms with Gasteiger partial charge in [0.2, 0.25) is 0 Å². The lowest BCUT2D eigenvalue weighted by molar-refractivity contribution is 0.347. The number of hydrazine groups is 1. The Labute approximate surface area is 122 Å². The average Bonchev–Trinajstić information content (AvgIpc) is 3.00. The first-order valence-electron chi connectivity index (χ1n) is 8.42. The highest BCUT2D eigenvalue weighted by molar-refractivity contribution is 5.40. The van der Waals surface area contributed by atoms with Gasteiger partial charge in [-0.1, -0.05) is 49.9 Å². The molecule has 0 bridgehead atoms. The van der Waals surface area contributed by atoms with Gasteiger partial charge in [0, 0.05) is 6.04 Å². The number of hydrogen-bond acceptors (Lipinski definition) is 2. The molecular weight excluding hydrogens is 244 g/mol. The standard InChI is InChI=1S/C18H26N2/c19-20-16(11-12-5-1-2-6-12)18-15-10-9-13-7-3-4-8-14(13)17(15)18/h3-4,7-8,12,15-18,20H,1-2,5-6,9-11,19H2. The van der Waals surface area contributed by atoms with Crippen LogP contribution >= 0.6 is 0 Å². The molecule has 4 unspecified atom stereocenters. The van der Waals surface area contributed by atoms with Gasteiger partial charge >= 0.3 is 0 Å². The zero-order valence-electron chi connectivity index (χ0n) is 12.2. The number of fused-ring (bicyclic) bond motifs is 3. The van der Waals surface area contributed by atoms with E-state index in [9.17, 15) is 0 Å². The Morgan fingerprint density at radius 1 is 1.15 bits per heavy atom. The lowest BCUT2D eigenvalue weighted by Crippen LogP contribution is -2.38. The summed E-state index contributed by atoms with van der Waals surface area (Å²) in [5.41, 5.74) is 6.39. The van der Waals surface area contributed by atoms with Gasteiger partial charge in [0.1, 0.15) is 0 Å². The van der Waals surface area contributed by atoms with Gasteiger partial charge in [0.15, 0.2) is 0 Å². The van der Waals surface area contributed by atoms with Crippen molar-refractivity contribution in [3.8, 4) is 0 Å². The van der Waals surface area contributed by atoms with Gasteiger partial charge in [0.05, 0.1) is 0 Å². The molecule has 0 heterocycles. The fraction of sp³-hybridized carbons (Fsp3) is 0.667. The van der Waals surface area contributed by atoms with E-state index >= 15 is 0 Å². The SMILES string of the molecule is NNC(CC1CCCC1)C1C2CCc3ccccc3C21. The van der Waals surface area contributed by atoms with E-state index in [1.54, 1.807) is 11.1 Å². The molecule has 0 aliphatic heterocycles. The van der Waals surface area contributed by atoms with E-state index in [2.05, 4.69) is 29.7 Å². The highest BCUT2D eigenvalue weighted by Gasteiger charge is 2.56. The van der Waals surface area contributed by atoms with E-state index in [0.717, 1.165) is 23.7 Å². The molecule has 0 aromatic heterocycles. The second-order valence-corrected chi connectivity index (χ2v) is 7.16. The highest BCUT2D eigenvalue weighted by atomic mass is 15.2. The van der Waals surface area contributed by atoms with Crippen LogP contribution in [0.25, 0.3) is 0 Å². The third-order valence-electron chi connectivity index (χ3n) is 6.13. The summed E-state index contributed by atoms with van der Waals surface area (Å²) in [6.45, 7) is 0. The second-order valence-electron chi connectivity index (χ2n) is 7.16. The molecule has 2 nitrogen and oxygen atoms in total. The number of nitrogens with one attached hydrogen (secondary N) is 1. The number of nitrogens with two attached hydrogens (primary N) is 1. The minimum Gasteiger partial charge on any atom is -0.271 e. The van der Waals surface area contributed by atoms with Crippen molar-refractivity contribution in [3.05, 3.63) is 35.4 Å². The quantitative estimate of drug-likeness (QED) is 0.650. The number of benzene rings is 1. The maximum atomic E-state index is 5.92. The Hall–Kier alpha value is -0.860. The zero-order chi connectivity index (χ0) is 13.5. The second kappa shape index (κ2) is 5.16. The molecule has 4 rings (SSSR count). The largest absolute Gasteiger partial charge is 0.271 e. The lowest BCUT2D eigenvalue weighted by Gasteiger charge is -2.20. The van der Waals surface area contributed by atoms with Gasteiger partial charge in [-0.15, -0.1) is 0 Å². The van der Waals surface area contributed by atoms with Gasteiger partial charge < -0.3 is 0 Å². The van der Waals surface area contributed by atoms with Gasteiger partial charge in [-0.2, -0.15) is 0 Å². The van der Waals surface area contributed by atoms with Crippen LogP contribution in [0.15, 0.2) is 24.3 Å². The fourth-order valence-electron chi connectivity index (χ4n) is 5.11. The van der Waals surface area contributed by atoms with Crippen molar-refractivity contribution in [2.45, 2.75) is 56.9 Å². The van der Waals surface area contributed by atoms with E-state index in [-0.39, 0.29) is 0 Å². The van der Waals surface area contributed by atoms with Crippen molar-refractivity contribution in [1.82, 2.24) is 5.43 Å². The minimum absolute atomic E-state index is 0.541. The normalized spacial score (nSPS) is 33.5. The van der Waals surface area contributed by atoms with Crippen molar-refractivity contribution in [2.24, 2.45) is 23.6 Å². The van der Waals surface area contributed by atoms with Crippen LogP contribution in [0.3, 0.4) is 0 Å². The molecule has 2 saturated carbocycles. The molecule has 0 saturated heterocycles. The van der Waals surface area contributed by atoms with Crippen LogP contribution in [-0.2, 0) is 6.42 Å². The summed E-state index contributed by atoms with van der Waals surface area (Å²) in [5, 5.41) is 0. The van der Waals surface area contributed by atoms with Gasteiger partial charge in [0.25, 0.3) is 0 Å². The summed E-state index contributed by atoms with van der Waals surface area (Å²) in [5.74, 6) is 9.33. The molecule has 108 valence electrons. The predicted octanol–water partition coefficient (Wildman–Crippen LogP) is 3.37. The molecule has 3 aliphatic rings. The molecular formula is C18H26N2. The molecule has 0 spiro atoms. The van der Waals surface area contributed by atoms with E-state index in [4.69, 9.17) is 5.84 Å². The minimum atomic E-state index is 0.541. The fourth-order valence-corrected chi connectivity index (χ4v) is 5.11. The van der Waals surface area contributed by atoms with Gasteiger partial charge in [-0.05, 0) is 54.1 Å². The molecule has 20 heavy (non-hydrogen) atoms. The number of aryl methyl sites for hydroxylation is 1. The van der Waals surface area contributed by atoms with Crippen LogP contribution in [-0.4, -0.2) is 6.04 Å². The Morgan fingerprint density at radius 3 is 2.75 bits per heavy atom. The maximum Gasteiger partial charge on any atom is 0.0250 e. The summed E-state index contributed by atoms with van der Waals surface area (Å²) < 4.78 is 0. The Balaban J connectivity index is 1.50. The molecule has 2 heteroatoms. The van der Waals surface area contributed by atoms with Crippen molar-refractivity contribution in [1.29, 1.82) is 0 Å². The zero-order valence-corrected chi connectivity index (χ0v) is 12.2. The van der Waals surface area contributed by atoms with Gasteiger partial charge in [-0.3, -0.25) is 11.3 Å². The summed E-state index contributed by atoms with van der Waals surface area (Å²) in [4.78, 5) is 0. The Bertz CT molecular complexity index is 478. The Morgan fingerprint density at radius 2 is 1.95 bits per heavy atom. The van der Waals surface area contributed by atoms with E-state index in [0.29, 0.717) is 6.04 Å². The van der Waals surface area contributed by atoms with E-state index in [1.165, 1.54) is 44.9 Å². The molecule has 3 N–H and O–H groups in total. The first-order chi connectivity index (χ1) is 9.88. The molecule has 3 aliphatic carbocycles. The molecule has 4 atom stereocenters. The van der Waals surface area contributed by atoms with E-state index < -0.39 is 0 Å². The third-order valence-corrected chi connectivity index (χ3v) is 6.13. The smallest absolute Gasteiger partial charge is 0.0250 e. The third kappa shape index (κ3) is 2.10. The number of rotatable bonds is 4. The van der Waals surface area contributed by atoms with Crippen molar-refractivity contribution >= 4 is 0 Å². The molecule has 1 aromatic rings. The monoisotopic (exact) mass is 270 g/mol. The molecule has 1 aromatic carbocycles. The van der Waals surface area contributed by atoms with Crippen molar-refractivity contribution < 1.29 is 0 Å². The topological polar surface area (TPSA) is 38.0 Å². The first kappa shape index (κ1) is 12.8. The summed E-state index contributed by atoms with van der Waals surface area (Å²) in [6.07, 6.45) is 9.67. The summed E-state index contributed by atoms with van der Waals surface area (Å²) in [6, 6.07) is 9.61. The van der Waals surface area contributed by atoms with Crippen LogP contribution in [0.5, 0.6) is 0 Å². The van der Waals surface area contributed by atoms with Crippen molar-refractivity contribution in [3.63, 3.8) is 0 Å². The molecule has 2 fully saturated rings. The van der Waals surface area contributed by atoms with Crippen LogP contribution in [0, 0.1) is 17.8 Å². The summed E-state index contributed by atoms with van der Waals surface area (Å²) in [7, 11) is 0. The average molecular weight is 270 g/mol. The van der Waals surface area contributed by atoms with Crippen LogP contribution < -0.4 is 11.3 Å². The maximum absolute atomic E-state index is 5.92. The van der Waals surface area contributed by atoms with Crippen LogP contribution in [0.2, 0.25) is 0 Å². The van der Waals surface area contributed by atoms with E-state index in [1.807, 2.05) is 0 Å². The lowest BCUT2D eigenvalue weighted by atomic mass is 9.92. The van der Waals surface area contributed by atoms with Crippen LogP contribution in [0.4, 0.5) is 0 Å². The first-order valence-corrected chi connectivity index (χ1v) is 8.42.